The van der Waals surface area contributed by atoms with Gasteiger partial charge in [0, 0.05) is 30.6 Å². The summed E-state index contributed by atoms with van der Waals surface area (Å²) in [5, 5.41) is 12.0. The van der Waals surface area contributed by atoms with Crippen LogP contribution in [0.3, 0.4) is 0 Å². The number of Topliss-reactive ketones (excluding diaryl/α,β-unsaturated/α-hetero) is 1. The highest BCUT2D eigenvalue weighted by atomic mass is 16.3. The lowest BCUT2D eigenvalue weighted by molar-refractivity contribution is -0.123. The number of aliphatic hydroxyl groups excluding tert-OH is 1. The van der Waals surface area contributed by atoms with Gasteiger partial charge in [-0.1, -0.05) is 19.1 Å². The molecule has 4 nitrogen and oxygen atoms in total. The third-order valence-electron chi connectivity index (χ3n) is 4.29. The SMILES string of the molecule is CCC(C)(CCO)NC(=O)CCC(=O)c1ccc(C)c(C)c1. The number of amides is 1. The number of hydrogen-bond acceptors (Lipinski definition) is 3. The van der Waals surface area contributed by atoms with Crippen molar-refractivity contribution in [3.8, 4) is 0 Å². The summed E-state index contributed by atoms with van der Waals surface area (Å²) < 4.78 is 0. The summed E-state index contributed by atoms with van der Waals surface area (Å²) >= 11 is 0. The second-order valence-electron chi connectivity index (χ2n) is 6.16. The third kappa shape index (κ3) is 5.26. The maximum Gasteiger partial charge on any atom is 0.220 e. The van der Waals surface area contributed by atoms with E-state index in [4.69, 9.17) is 5.11 Å². The summed E-state index contributed by atoms with van der Waals surface area (Å²) in [6.07, 6.45) is 1.63. The summed E-state index contributed by atoms with van der Waals surface area (Å²) in [5.74, 6) is -0.159. The van der Waals surface area contributed by atoms with Gasteiger partial charge >= 0.3 is 0 Å². The first-order valence-corrected chi connectivity index (χ1v) is 7.83. The molecule has 1 unspecified atom stereocenters. The molecule has 0 saturated heterocycles. The Morgan fingerprint density at radius 1 is 1.18 bits per heavy atom. The molecule has 0 aliphatic heterocycles. The molecule has 0 fully saturated rings. The summed E-state index contributed by atoms with van der Waals surface area (Å²) in [6, 6.07) is 5.61. The van der Waals surface area contributed by atoms with E-state index in [1.165, 1.54) is 0 Å². The van der Waals surface area contributed by atoms with Crippen LogP contribution in [0.5, 0.6) is 0 Å². The Labute approximate surface area is 132 Å². The molecular weight excluding hydrogens is 278 g/mol. The van der Waals surface area contributed by atoms with E-state index < -0.39 is 5.54 Å². The summed E-state index contributed by atoms with van der Waals surface area (Å²) in [4.78, 5) is 24.2. The van der Waals surface area contributed by atoms with Gasteiger partial charge < -0.3 is 10.4 Å². The lowest BCUT2D eigenvalue weighted by Crippen LogP contribution is -2.46. The number of nitrogens with one attached hydrogen (secondary N) is 1. The zero-order valence-electron chi connectivity index (χ0n) is 14.0. The van der Waals surface area contributed by atoms with Gasteiger partial charge in [0.2, 0.25) is 5.91 Å². The van der Waals surface area contributed by atoms with Crippen LogP contribution in [0, 0.1) is 13.8 Å². The molecular formula is C18H27NO3. The van der Waals surface area contributed by atoms with E-state index in [-0.39, 0.29) is 31.1 Å². The minimum absolute atomic E-state index is 0.0152. The lowest BCUT2D eigenvalue weighted by Gasteiger charge is -2.29. The number of aryl methyl sites for hydroxylation is 2. The molecule has 4 heteroatoms. The number of aliphatic hydroxyl groups is 1. The van der Waals surface area contributed by atoms with Gasteiger partial charge in [-0.25, -0.2) is 0 Å². The molecule has 1 aromatic rings. The van der Waals surface area contributed by atoms with Crippen molar-refractivity contribution in [3.05, 3.63) is 34.9 Å². The first-order valence-electron chi connectivity index (χ1n) is 7.83. The summed E-state index contributed by atoms with van der Waals surface area (Å²) in [5.41, 5.74) is 2.48. The van der Waals surface area contributed by atoms with Gasteiger partial charge in [-0.3, -0.25) is 9.59 Å². The number of benzene rings is 1. The van der Waals surface area contributed by atoms with Crippen molar-refractivity contribution in [1.82, 2.24) is 5.32 Å². The van der Waals surface area contributed by atoms with Crippen LogP contribution in [0.4, 0.5) is 0 Å². The maximum absolute atomic E-state index is 12.2. The molecule has 0 aliphatic carbocycles. The van der Waals surface area contributed by atoms with Crippen LogP contribution in [0.2, 0.25) is 0 Å². The van der Waals surface area contributed by atoms with Crippen LogP contribution in [-0.4, -0.2) is 28.9 Å². The van der Waals surface area contributed by atoms with Crippen LogP contribution in [0.15, 0.2) is 18.2 Å². The molecule has 1 amide bonds. The average molecular weight is 305 g/mol. The number of hydrogen-bond donors (Lipinski definition) is 2. The number of rotatable bonds is 8. The van der Waals surface area contributed by atoms with Crippen LogP contribution in [0.1, 0.15) is 61.0 Å². The van der Waals surface area contributed by atoms with Crippen molar-refractivity contribution in [3.63, 3.8) is 0 Å². The predicted octanol–water partition coefficient (Wildman–Crippen LogP) is 2.93. The fraction of sp³-hybridized carbons (Fsp3) is 0.556. The van der Waals surface area contributed by atoms with Crippen LogP contribution < -0.4 is 5.32 Å². The van der Waals surface area contributed by atoms with E-state index in [0.717, 1.165) is 17.5 Å². The Morgan fingerprint density at radius 2 is 1.86 bits per heavy atom. The maximum atomic E-state index is 12.2. The molecule has 2 N–H and O–H groups in total. The molecule has 0 heterocycles. The van der Waals surface area contributed by atoms with Crippen LogP contribution >= 0.6 is 0 Å². The Hall–Kier alpha value is -1.68. The molecule has 0 bridgehead atoms. The molecule has 1 rings (SSSR count). The van der Waals surface area contributed by atoms with Crippen LogP contribution in [-0.2, 0) is 4.79 Å². The standard InChI is InChI=1S/C18H27NO3/c1-5-18(4,10-11-20)19-17(22)9-8-16(21)15-7-6-13(2)14(3)12-15/h6-7,12,20H,5,8-11H2,1-4H3,(H,19,22). The largest absolute Gasteiger partial charge is 0.396 e. The molecule has 122 valence electrons. The fourth-order valence-corrected chi connectivity index (χ4v) is 2.26. The van der Waals surface area contributed by atoms with Crippen molar-refractivity contribution in [2.75, 3.05) is 6.61 Å². The molecule has 22 heavy (non-hydrogen) atoms. The monoisotopic (exact) mass is 305 g/mol. The molecule has 0 aromatic heterocycles. The number of carbonyl (C=O) groups excluding carboxylic acids is 2. The Morgan fingerprint density at radius 3 is 2.41 bits per heavy atom. The summed E-state index contributed by atoms with van der Waals surface area (Å²) in [7, 11) is 0. The minimum atomic E-state index is -0.407. The first kappa shape index (κ1) is 18.4. The first-order chi connectivity index (χ1) is 10.3. The molecule has 1 aromatic carbocycles. The summed E-state index contributed by atoms with van der Waals surface area (Å²) in [6.45, 7) is 7.89. The van der Waals surface area contributed by atoms with Gasteiger partial charge in [0.1, 0.15) is 0 Å². The molecule has 0 saturated carbocycles. The zero-order chi connectivity index (χ0) is 16.8. The minimum Gasteiger partial charge on any atom is -0.396 e. The van der Waals surface area contributed by atoms with E-state index in [0.29, 0.717) is 12.0 Å². The molecule has 0 spiro atoms. The van der Waals surface area contributed by atoms with Gasteiger partial charge in [0.25, 0.3) is 0 Å². The van der Waals surface area contributed by atoms with E-state index in [1.54, 1.807) is 0 Å². The van der Waals surface area contributed by atoms with Crippen molar-refractivity contribution in [1.29, 1.82) is 0 Å². The highest BCUT2D eigenvalue weighted by Crippen LogP contribution is 2.15. The highest BCUT2D eigenvalue weighted by Gasteiger charge is 2.23. The number of carbonyl (C=O) groups is 2. The van der Waals surface area contributed by atoms with E-state index >= 15 is 0 Å². The Bertz CT molecular complexity index is 539. The van der Waals surface area contributed by atoms with Crippen molar-refractivity contribution in [2.45, 2.75) is 58.9 Å². The predicted molar refractivity (Wildman–Crippen MR) is 88.0 cm³/mol. The smallest absolute Gasteiger partial charge is 0.220 e. The van der Waals surface area contributed by atoms with Crippen molar-refractivity contribution >= 4 is 11.7 Å². The van der Waals surface area contributed by atoms with Gasteiger partial charge in [0.15, 0.2) is 5.78 Å². The quantitative estimate of drug-likeness (QED) is 0.726. The van der Waals surface area contributed by atoms with Gasteiger partial charge in [-0.05, 0) is 50.8 Å². The zero-order valence-corrected chi connectivity index (χ0v) is 14.0. The Balaban J connectivity index is 2.56. The van der Waals surface area contributed by atoms with Gasteiger partial charge in [-0.2, -0.15) is 0 Å². The lowest BCUT2D eigenvalue weighted by atomic mass is 9.94. The highest BCUT2D eigenvalue weighted by molar-refractivity contribution is 5.98. The molecule has 0 aliphatic rings. The van der Waals surface area contributed by atoms with E-state index in [9.17, 15) is 9.59 Å². The molecule has 1 atom stereocenters. The normalized spacial score (nSPS) is 13.5. The van der Waals surface area contributed by atoms with Gasteiger partial charge in [0.05, 0.1) is 0 Å². The van der Waals surface area contributed by atoms with E-state index in [2.05, 4.69) is 5.32 Å². The van der Waals surface area contributed by atoms with Gasteiger partial charge in [-0.15, -0.1) is 0 Å². The van der Waals surface area contributed by atoms with Crippen LogP contribution in [0.25, 0.3) is 0 Å². The topological polar surface area (TPSA) is 66.4 Å². The fourth-order valence-electron chi connectivity index (χ4n) is 2.26. The second-order valence-corrected chi connectivity index (χ2v) is 6.16. The average Bonchev–Trinajstić information content (AvgIpc) is 2.47. The number of ketones is 1. The Kier molecular flexibility index (Phi) is 6.75. The van der Waals surface area contributed by atoms with E-state index in [1.807, 2.05) is 45.9 Å². The molecule has 0 radical (unpaired) electrons. The van der Waals surface area contributed by atoms with Crippen molar-refractivity contribution in [2.24, 2.45) is 0 Å². The third-order valence-corrected chi connectivity index (χ3v) is 4.29. The second kappa shape index (κ2) is 8.08. The van der Waals surface area contributed by atoms with Crippen molar-refractivity contribution < 1.29 is 14.7 Å².